The summed E-state index contributed by atoms with van der Waals surface area (Å²) in [4.78, 5) is 21.7. The van der Waals surface area contributed by atoms with Gasteiger partial charge in [0.1, 0.15) is 0 Å². The van der Waals surface area contributed by atoms with Crippen LogP contribution < -0.4 is 5.32 Å². The lowest BCUT2D eigenvalue weighted by molar-refractivity contribution is -0.384. The summed E-state index contributed by atoms with van der Waals surface area (Å²) in [5.41, 5.74) is 0.303. The second-order valence-corrected chi connectivity index (χ2v) is 3.77. The molecule has 0 fully saturated rings. The van der Waals surface area contributed by atoms with Crippen molar-refractivity contribution in [2.45, 2.75) is 19.9 Å². The average molecular weight is 222 g/mol. The van der Waals surface area contributed by atoms with Crippen LogP contribution in [0.2, 0.25) is 0 Å². The summed E-state index contributed by atoms with van der Waals surface area (Å²) < 4.78 is 0. The first-order chi connectivity index (χ1) is 7.50. The molecule has 0 aliphatic heterocycles. The largest absolute Gasteiger partial charge is 0.307 e. The van der Waals surface area contributed by atoms with E-state index in [0.717, 1.165) is 0 Å². The number of hydrogen-bond donors (Lipinski definition) is 1. The fourth-order valence-electron chi connectivity index (χ4n) is 1.19. The summed E-state index contributed by atoms with van der Waals surface area (Å²) >= 11 is 0. The van der Waals surface area contributed by atoms with Crippen molar-refractivity contribution in [3.63, 3.8) is 0 Å². The fraction of sp³-hybridized carbons (Fsp3) is 0.364. The number of nitrogens with zero attached hydrogens (tertiary/aromatic N) is 1. The van der Waals surface area contributed by atoms with Gasteiger partial charge in [-0.2, -0.15) is 0 Å². The standard InChI is InChI=1S/C11H14N2O3/c1-8(2)12-7-11(14)9-4-3-5-10(6-9)13(15)16/h3-6,8,12H,7H2,1-2H3. The Hall–Kier alpha value is -1.75. The molecule has 0 aromatic heterocycles. The molecule has 0 amide bonds. The van der Waals surface area contributed by atoms with E-state index in [1.165, 1.54) is 18.2 Å². The maximum atomic E-state index is 11.6. The molecule has 0 unspecified atom stereocenters. The first-order valence-corrected chi connectivity index (χ1v) is 5.01. The van der Waals surface area contributed by atoms with Gasteiger partial charge in [0.2, 0.25) is 0 Å². The topological polar surface area (TPSA) is 72.2 Å². The van der Waals surface area contributed by atoms with Crippen LogP contribution in [0.3, 0.4) is 0 Å². The van der Waals surface area contributed by atoms with Gasteiger partial charge in [-0.3, -0.25) is 14.9 Å². The molecule has 0 spiro atoms. The van der Waals surface area contributed by atoms with Crippen LogP contribution in [-0.2, 0) is 0 Å². The third-order valence-corrected chi connectivity index (χ3v) is 2.05. The third kappa shape index (κ3) is 3.43. The van der Waals surface area contributed by atoms with Gasteiger partial charge in [-0.1, -0.05) is 26.0 Å². The zero-order chi connectivity index (χ0) is 12.1. The van der Waals surface area contributed by atoms with Crippen molar-refractivity contribution in [3.05, 3.63) is 39.9 Å². The van der Waals surface area contributed by atoms with E-state index in [9.17, 15) is 14.9 Å². The molecule has 1 N–H and O–H groups in total. The van der Waals surface area contributed by atoms with Gasteiger partial charge in [0.05, 0.1) is 11.5 Å². The minimum absolute atomic E-state index is 0.0598. The summed E-state index contributed by atoms with van der Waals surface area (Å²) in [5, 5.41) is 13.5. The van der Waals surface area contributed by atoms with E-state index in [1.807, 2.05) is 13.8 Å². The number of hydrogen-bond acceptors (Lipinski definition) is 4. The Kier molecular flexibility index (Phi) is 4.13. The van der Waals surface area contributed by atoms with Gasteiger partial charge in [-0.25, -0.2) is 0 Å². The minimum Gasteiger partial charge on any atom is -0.307 e. The van der Waals surface area contributed by atoms with Crippen LogP contribution in [0, 0.1) is 10.1 Å². The second-order valence-electron chi connectivity index (χ2n) is 3.77. The van der Waals surface area contributed by atoms with Gasteiger partial charge < -0.3 is 5.32 Å². The van der Waals surface area contributed by atoms with Crippen molar-refractivity contribution in [1.82, 2.24) is 5.32 Å². The van der Waals surface area contributed by atoms with Crippen LogP contribution in [0.1, 0.15) is 24.2 Å². The number of Topliss-reactive ketones (excluding diaryl/α,β-unsaturated/α-hetero) is 1. The van der Waals surface area contributed by atoms with E-state index >= 15 is 0 Å². The SMILES string of the molecule is CC(C)NCC(=O)c1cccc([N+](=O)[O-])c1. The van der Waals surface area contributed by atoms with Crippen molar-refractivity contribution in [3.8, 4) is 0 Å². The number of ketones is 1. The van der Waals surface area contributed by atoms with Crippen molar-refractivity contribution in [2.75, 3.05) is 6.54 Å². The minimum atomic E-state index is -0.507. The fourth-order valence-corrected chi connectivity index (χ4v) is 1.19. The molecule has 0 aliphatic rings. The summed E-state index contributed by atoms with van der Waals surface area (Å²) in [6, 6.07) is 5.97. The van der Waals surface area contributed by atoms with Gasteiger partial charge in [0.25, 0.3) is 5.69 Å². The number of non-ortho nitro benzene ring substituents is 1. The maximum absolute atomic E-state index is 11.6. The third-order valence-electron chi connectivity index (χ3n) is 2.05. The number of rotatable bonds is 5. The molecule has 0 saturated carbocycles. The highest BCUT2D eigenvalue weighted by Crippen LogP contribution is 2.13. The Labute approximate surface area is 93.6 Å². The van der Waals surface area contributed by atoms with Crippen molar-refractivity contribution in [1.29, 1.82) is 0 Å². The number of nitro groups is 1. The van der Waals surface area contributed by atoms with Crippen LogP contribution >= 0.6 is 0 Å². The highest BCUT2D eigenvalue weighted by Gasteiger charge is 2.11. The molecule has 0 bridgehead atoms. The van der Waals surface area contributed by atoms with Crippen molar-refractivity contribution >= 4 is 11.5 Å². The zero-order valence-corrected chi connectivity index (χ0v) is 9.27. The number of carbonyl (C=O) groups is 1. The van der Waals surface area contributed by atoms with E-state index in [0.29, 0.717) is 5.56 Å². The Bertz CT molecular complexity index is 402. The molecule has 0 atom stereocenters. The van der Waals surface area contributed by atoms with Gasteiger partial charge >= 0.3 is 0 Å². The molecule has 0 aliphatic carbocycles. The molecule has 5 heteroatoms. The van der Waals surface area contributed by atoms with E-state index in [1.54, 1.807) is 6.07 Å². The Balaban J connectivity index is 2.76. The monoisotopic (exact) mass is 222 g/mol. The van der Waals surface area contributed by atoms with E-state index in [-0.39, 0.29) is 24.1 Å². The summed E-state index contributed by atoms with van der Waals surface area (Å²) in [6.45, 7) is 4.06. The first-order valence-electron chi connectivity index (χ1n) is 5.01. The van der Waals surface area contributed by atoms with Gasteiger partial charge in [0.15, 0.2) is 5.78 Å². The second kappa shape index (κ2) is 5.37. The Morgan fingerprint density at radius 3 is 2.75 bits per heavy atom. The predicted molar refractivity (Wildman–Crippen MR) is 60.6 cm³/mol. The maximum Gasteiger partial charge on any atom is 0.270 e. The average Bonchev–Trinajstić information content (AvgIpc) is 2.26. The molecule has 0 heterocycles. The van der Waals surface area contributed by atoms with Crippen LogP contribution in [-0.4, -0.2) is 23.3 Å². The normalized spacial score (nSPS) is 10.4. The van der Waals surface area contributed by atoms with Gasteiger partial charge in [0, 0.05) is 23.7 Å². The molecular weight excluding hydrogens is 208 g/mol. The molecule has 16 heavy (non-hydrogen) atoms. The predicted octanol–water partition coefficient (Wildman–Crippen LogP) is 1.78. The molecule has 1 aromatic rings. The molecule has 0 radical (unpaired) electrons. The lowest BCUT2D eigenvalue weighted by atomic mass is 10.1. The molecule has 1 rings (SSSR count). The van der Waals surface area contributed by atoms with Crippen LogP contribution in [0.15, 0.2) is 24.3 Å². The summed E-state index contributed by atoms with van der Waals surface area (Å²) in [6.07, 6.45) is 0. The lowest BCUT2D eigenvalue weighted by Gasteiger charge is -2.06. The smallest absolute Gasteiger partial charge is 0.270 e. The highest BCUT2D eigenvalue weighted by molar-refractivity contribution is 5.98. The molecule has 5 nitrogen and oxygen atoms in total. The van der Waals surface area contributed by atoms with Crippen LogP contribution in [0.4, 0.5) is 5.69 Å². The first kappa shape index (κ1) is 12.3. The Morgan fingerprint density at radius 1 is 1.50 bits per heavy atom. The van der Waals surface area contributed by atoms with Crippen molar-refractivity contribution in [2.24, 2.45) is 0 Å². The van der Waals surface area contributed by atoms with Gasteiger partial charge in [-0.05, 0) is 0 Å². The highest BCUT2D eigenvalue weighted by atomic mass is 16.6. The van der Waals surface area contributed by atoms with Crippen LogP contribution in [0.25, 0.3) is 0 Å². The van der Waals surface area contributed by atoms with Gasteiger partial charge in [-0.15, -0.1) is 0 Å². The zero-order valence-electron chi connectivity index (χ0n) is 9.27. The van der Waals surface area contributed by atoms with Crippen LogP contribution in [0.5, 0.6) is 0 Å². The number of nitrogens with one attached hydrogen (secondary N) is 1. The molecule has 1 aromatic carbocycles. The number of nitro benzene ring substituents is 1. The Morgan fingerprint density at radius 2 is 2.19 bits per heavy atom. The lowest BCUT2D eigenvalue weighted by Crippen LogP contribution is -2.29. The number of carbonyl (C=O) groups excluding carboxylic acids is 1. The van der Waals surface area contributed by atoms with E-state index < -0.39 is 4.92 Å². The quantitative estimate of drug-likeness (QED) is 0.468. The molecule has 0 saturated heterocycles. The van der Waals surface area contributed by atoms with E-state index in [4.69, 9.17) is 0 Å². The van der Waals surface area contributed by atoms with Crippen molar-refractivity contribution < 1.29 is 9.72 Å². The summed E-state index contributed by atoms with van der Waals surface area (Å²) in [5.74, 6) is -0.141. The molecular formula is C11H14N2O3. The molecule has 86 valence electrons. The summed E-state index contributed by atoms with van der Waals surface area (Å²) in [7, 11) is 0. The number of benzene rings is 1. The van der Waals surface area contributed by atoms with E-state index in [2.05, 4.69) is 5.32 Å².